The number of hydrogen-bond donors (Lipinski definition) is 1. The first-order chi connectivity index (χ1) is 9.60. The van der Waals surface area contributed by atoms with Gasteiger partial charge < -0.3 is 9.84 Å². The highest BCUT2D eigenvalue weighted by Gasteiger charge is 2.26. The number of rotatable bonds is 5. The van der Waals surface area contributed by atoms with Gasteiger partial charge in [0, 0.05) is 11.8 Å². The first-order valence-corrected chi connectivity index (χ1v) is 7.53. The van der Waals surface area contributed by atoms with Crippen LogP contribution in [0.25, 0.3) is 0 Å². The van der Waals surface area contributed by atoms with E-state index in [1.807, 2.05) is 6.07 Å². The second-order valence-corrected chi connectivity index (χ2v) is 5.94. The van der Waals surface area contributed by atoms with Crippen molar-refractivity contribution in [2.24, 2.45) is 11.8 Å². The van der Waals surface area contributed by atoms with Crippen LogP contribution in [-0.2, 0) is 0 Å². The van der Waals surface area contributed by atoms with Crippen LogP contribution in [0.3, 0.4) is 0 Å². The fourth-order valence-corrected chi connectivity index (χ4v) is 3.01. The maximum absolute atomic E-state index is 10.6. The molecular weight excluding hydrogens is 250 g/mol. The molecule has 0 saturated heterocycles. The number of allylic oxidation sites excluding steroid dienone is 2. The molecule has 0 spiro atoms. The van der Waals surface area contributed by atoms with Crippen LogP contribution in [0.1, 0.15) is 51.7 Å². The number of aliphatic hydroxyl groups excluding tert-OH is 1. The molecule has 1 aromatic rings. The van der Waals surface area contributed by atoms with E-state index < -0.39 is 6.10 Å². The number of nitrogens with zero attached hydrogens (tertiary/aromatic N) is 1. The Hall–Kier alpha value is -1.35. The summed E-state index contributed by atoms with van der Waals surface area (Å²) in [6.45, 7) is 7.12. The number of pyridine rings is 1. The lowest BCUT2D eigenvalue weighted by Gasteiger charge is -2.29. The van der Waals surface area contributed by atoms with Crippen LogP contribution in [0.4, 0.5) is 0 Å². The van der Waals surface area contributed by atoms with Gasteiger partial charge in [-0.15, -0.1) is 0 Å². The van der Waals surface area contributed by atoms with E-state index in [4.69, 9.17) is 4.74 Å². The first kappa shape index (κ1) is 15.0. The van der Waals surface area contributed by atoms with Gasteiger partial charge in [0.05, 0.1) is 18.9 Å². The molecule has 3 atom stereocenters. The molecule has 0 aliphatic heterocycles. The molecule has 1 heterocycles. The van der Waals surface area contributed by atoms with E-state index in [0.717, 1.165) is 30.6 Å². The van der Waals surface area contributed by atoms with Crippen LogP contribution in [-0.4, -0.2) is 16.7 Å². The van der Waals surface area contributed by atoms with Gasteiger partial charge in [-0.25, -0.2) is 0 Å². The third-order valence-corrected chi connectivity index (χ3v) is 3.82. The Bertz CT molecular complexity index is 470. The summed E-state index contributed by atoms with van der Waals surface area (Å²) in [7, 11) is 0. The summed E-state index contributed by atoms with van der Waals surface area (Å²) in [6, 6.07) is 1.92. The molecule has 3 heteroatoms. The van der Waals surface area contributed by atoms with Gasteiger partial charge in [0.15, 0.2) is 0 Å². The summed E-state index contributed by atoms with van der Waals surface area (Å²) in [6.07, 6.45) is 8.27. The standard InChI is InChI=1S/C17H25NO2/c1-4-5-20-16-9-15(10-18-11-16)17(19)14-7-12(2)6-13(3)8-14/h6,9-12,14,17,19H,4-5,7-8H2,1-3H3. The Morgan fingerprint density at radius 3 is 2.95 bits per heavy atom. The van der Waals surface area contributed by atoms with Crippen LogP contribution in [0.5, 0.6) is 5.75 Å². The van der Waals surface area contributed by atoms with Crippen molar-refractivity contribution in [1.82, 2.24) is 4.98 Å². The van der Waals surface area contributed by atoms with Gasteiger partial charge in [0.1, 0.15) is 5.75 Å². The molecule has 0 fully saturated rings. The maximum Gasteiger partial charge on any atom is 0.137 e. The molecule has 1 N–H and O–H groups in total. The van der Waals surface area contributed by atoms with Crippen LogP contribution >= 0.6 is 0 Å². The van der Waals surface area contributed by atoms with E-state index in [2.05, 4.69) is 31.8 Å². The Labute approximate surface area is 121 Å². The smallest absolute Gasteiger partial charge is 0.137 e. The van der Waals surface area contributed by atoms with E-state index in [-0.39, 0.29) is 5.92 Å². The SMILES string of the molecule is CCCOc1cncc(C(O)C2CC(C)=CC(C)C2)c1. The summed E-state index contributed by atoms with van der Waals surface area (Å²) in [5, 5.41) is 10.6. The van der Waals surface area contributed by atoms with E-state index in [1.54, 1.807) is 12.4 Å². The van der Waals surface area contributed by atoms with Gasteiger partial charge in [-0.1, -0.05) is 25.5 Å². The molecule has 1 aliphatic rings. The zero-order valence-electron chi connectivity index (χ0n) is 12.7. The zero-order chi connectivity index (χ0) is 14.5. The summed E-state index contributed by atoms with van der Waals surface area (Å²) < 4.78 is 5.59. The second-order valence-electron chi connectivity index (χ2n) is 5.94. The van der Waals surface area contributed by atoms with Crippen LogP contribution in [0.15, 0.2) is 30.1 Å². The topological polar surface area (TPSA) is 42.4 Å². The van der Waals surface area contributed by atoms with Gasteiger partial charge in [-0.05, 0) is 44.1 Å². The molecule has 20 heavy (non-hydrogen) atoms. The summed E-state index contributed by atoms with van der Waals surface area (Å²) >= 11 is 0. The molecule has 1 aromatic heterocycles. The monoisotopic (exact) mass is 275 g/mol. The highest BCUT2D eigenvalue weighted by Crippen LogP contribution is 2.37. The van der Waals surface area contributed by atoms with E-state index >= 15 is 0 Å². The minimum Gasteiger partial charge on any atom is -0.492 e. The van der Waals surface area contributed by atoms with E-state index in [0.29, 0.717) is 12.5 Å². The zero-order valence-corrected chi connectivity index (χ0v) is 12.7. The van der Waals surface area contributed by atoms with Crippen molar-refractivity contribution < 1.29 is 9.84 Å². The molecule has 2 rings (SSSR count). The van der Waals surface area contributed by atoms with Gasteiger partial charge in [0.2, 0.25) is 0 Å². The number of ether oxygens (including phenoxy) is 1. The molecule has 0 amide bonds. The van der Waals surface area contributed by atoms with Gasteiger partial charge in [-0.3, -0.25) is 4.98 Å². The Balaban J connectivity index is 2.08. The largest absolute Gasteiger partial charge is 0.492 e. The second kappa shape index (κ2) is 6.89. The third-order valence-electron chi connectivity index (χ3n) is 3.82. The number of aliphatic hydroxyl groups is 1. The first-order valence-electron chi connectivity index (χ1n) is 7.53. The van der Waals surface area contributed by atoms with Crippen molar-refractivity contribution in [3.8, 4) is 5.75 Å². The highest BCUT2D eigenvalue weighted by atomic mass is 16.5. The van der Waals surface area contributed by atoms with Gasteiger partial charge in [-0.2, -0.15) is 0 Å². The molecule has 0 radical (unpaired) electrons. The fourth-order valence-electron chi connectivity index (χ4n) is 3.01. The van der Waals surface area contributed by atoms with Crippen molar-refractivity contribution in [3.05, 3.63) is 35.7 Å². The molecule has 0 aromatic carbocycles. The molecule has 0 saturated carbocycles. The molecular formula is C17H25NO2. The lowest BCUT2D eigenvalue weighted by atomic mass is 9.79. The summed E-state index contributed by atoms with van der Waals surface area (Å²) in [5.74, 6) is 1.56. The molecule has 0 bridgehead atoms. The quantitative estimate of drug-likeness (QED) is 0.829. The Kier molecular flexibility index (Phi) is 5.18. The predicted molar refractivity (Wildman–Crippen MR) is 80.6 cm³/mol. The Morgan fingerprint density at radius 2 is 2.25 bits per heavy atom. The van der Waals surface area contributed by atoms with E-state index in [9.17, 15) is 5.11 Å². The van der Waals surface area contributed by atoms with Crippen molar-refractivity contribution >= 4 is 0 Å². The molecule has 1 aliphatic carbocycles. The fraction of sp³-hybridized carbons (Fsp3) is 0.588. The third kappa shape index (κ3) is 3.83. The maximum atomic E-state index is 10.6. The average Bonchev–Trinajstić information content (AvgIpc) is 2.43. The lowest BCUT2D eigenvalue weighted by Crippen LogP contribution is -2.19. The normalized spacial score (nSPS) is 24.1. The molecule has 3 unspecified atom stereocenters. The minimum absolute atomic E-state index is 0.276. The van der Waals surface area contributed by atoms with E-state index in [1.165, 1.54) is 5.57 Å². The number of aromatic nitrogens is 1. The van der Waals surface area contributed by atoms with Crippen molar-refractivity contribution in [2.45, 2.75) is 46.1 Å². The summed E-state index contributed by atoms with van der Waals surface area (Å²) in [5.41, 5.74) is 2.24. The van der Waals surface area contributed by atoms with Crippen LogP contribution in [0, 0.1) is 11.8 Å². The summed E-state index contributed by atoms with van der Waals surface area (Å²) in [4.78, 5) is 4.19. The van der Waals surface area contributed by atoms with Crippen LogP contribution < -0.4 is 4.74 Å². The lowest BCUT2D eigenvalue weighted by molar-refractivity contribution is 0.0926. The minimum atomic E-state index is -0.459. The molecule has 110 valence electrons. The van der Waals surface area contributed by atoms with Gasteiger partial charge >= 0.3 is 0 Å². The molecule has 3 nitrogen and oxygen atoms in total. The van der Waals surface area contributed by atoms with Crippen LogP contribution in [0.2, 0.25) is 0 Å². The predicted octanol–water partition coefficient (Wildman–Crippen LogP) is 3.90. The number of hydrogen-bond acceptors (Lipinski definition) is 3. The van der Waals surface area contributed by atoms with Crippen molar-refractivity contribution in [3.63, 3.8) is 0 Å². The van der Waals surface area contributed by atoms with Crippen molar-refractivity contribution in [1.29, 1.82) is 0 Å². The van der Waals surface area contributed by atoms with Gasteiger partial charge in [0.25, 0.3) is 0 Å². The average molecular weight is 275 g/mol. The highest BCUT2D eigenvalue weighted by molar-refractivity contribution is 5.26. The Morgan fingerprint density at radius 1 is 1.45 bits per heavy atom. The van der Waals surface area contributed by atoms with Crippen molar-refractivity contribution in [2.75, 3.05) is 6.61 Å².